The second-order valence-electron chi connectivity index (χ2n) is 8.03. The zero-order valence-corrected chi connectivity index (χ0v) is 20.5. The number of para-hydroxylation sites is 1. The van der Waals surface area contributed by atoms with Crippen molar-refractivity contribution in [2.24, 2.45) is 0 Å². The first-order valence-corrected chi connectivity index (χ1v) is 11.5. The third-order valence-electron chi connectivity index (χ3n) is 5.07. The highest BCUT2D eigenvalue weighted by Crippen LogP contribution is 2.23. The molecule has 1 aromatic heterocycles. The molecule has 3 aromatic rings. The molecule has 33 heavy (non-hydrogen) atoms. The Morgan fingerprint density at radius 1 is 1.12 bits per heavy atom. The van der Waals surface area contributed by atoms with Gasteiger partial charge in [-0.25, -0.2) is 4.98 Å². The van der Waals surface area contributed by atoms with Gasteiger partial charge in [0.05, 0.1) is 17.2 Å². The van der Waals surface area contributed by atoms with Crippen molar-refractivity contribution in [3.05, 3.63) is 80.8 Å². The number of aryl methyl sites for hydroxylation is 4. The van der Waals surface area contributed by atoms with Crippen LogP contribution < -0.4 is 10.1 Å². The number of benzene rings is 2. The van der Waals surface area contributed by atoms with Crippen LogP contribution in [-0.2, 0) is 16.2 Å². The summed E-state index contributed by atoms with van der Waals surface area (Å²) in [6, 6.07) is 11.5. The van der Waals surface area contributed by atoms with E-state index in [1.54, 1.807) is 24.5 Å². The van der Waals surface area contributed by atoms with Crippen molar-refractivity contribution in [3.63, 3.8) is 0 Å². The van der Waals surface area contributed by atoms with E-state index in [0.717, 1.165) is 38.6 Å². The summed E-state index contributed by atoms with van der Waals surface area (Å²) in [5, 5.41) is 5.89. The molecule has 0 aliphatic rings. The standard InChI is InChI=1S/C26H29N3O3S/c1-17-12-18(2)26(19(3)13-17)28-24(30)14-29(5)25(31)11-10-21-8-6-7-9-23(21)32-15-22-16-33-20(4)27-22/h6-13,16H,14-15H2,1-5H3,(H,28,30)/b11-10+. The monoisotopic (exact) mass is 463 g/mol. The van der Waals surface area contributed by atoms with Crippen LogP contribution in [0.15, 0.2) is 47.9 Å². The fourth-order valence-electron chi connectivity index (χ4n) is 3.51. The third-order valence-corrected chi connectivity index (χ3v) is 5.89. The second kappa shape index (κ2) is 10.9. The quantitative estimate of drug-likeness (QED) is 0.474. The van der Waals surface area contributed by atoms with E-state index in [1.165, 1.54) is 11.0 Å². The first-order valence-electron chi connectivity index (χ1n) is 10.7. The fourth-order valence-corrected chi connectivity index (χ4v) is 4.11. The van der Waals surface area contributed by atoms with Crippen LogP contribution in [0.1, 0.15) is 33.0 Å². The van der Waals surface area contributed by atoms with Crippen LogP contribution in [0.2, 0.25) is 0 Å². The van der Waals surface area contributed by atoms with Gasteiger partial charge in [0.15, 0.2) is 0 Å². The lowest BCUT2D eigenvalue weighted by Gasteiger charge is -2.17. The van der Waals surface area contributed by atoms with Crippen molar-refractivity contribution in [2.75, 3.05) is 18.9 Å². The summed E-state index contributed by atoms with van der Waals surface area (Å²) in [5.74, 6) is 0.155. The van der Waals surface area contributed by atoms with Gasteiger partial charge in [0.1, 0.15) is 12.4 Å². The predicted octanol–water partition coefficient (Wildman–Crippen LogP) is 5.07. The SMILES string of the molecule is Cc1cc(C)c(NC(=O)CN(C)C(=O)/C=C/c2ccccc2OCc2csc(C)n2)c(C)c1. The fraction of sp³-hybridized carbons (Fsp3) is 0.269. The van der Waals surface area contributed by atoms with Gasteiger partial charge in [-0.05, 0) is 51.0 Å². The molecule has 0 unspecified atom stereocenters. The Balaban J connectivity index is 1.59. The molecule has 0 aliphatic heterocycles. The Kier molecular flexibility index (Phi) is 8.01. The zero-order valence-electron chi connectivity index (χ0n) is 19.6. The van der Waals surface area contributed by atoms with Crippen molar-refractivity contribution >= 4 is 34.9 Å². The van der Waals surface area contributed by atoms with E-state index < -0.39 is 0 Å². The number of thiazole rings is 1. The molecule has 6 nitrogen and oxygen atoms in total. The Morgan fingerprint density at radius 3 is 2.48 bits per heavy atom. The summed E-state index contributed by atoms with van der Waals surface area (Å²) >= 11 is 1.58. The number of carbonyl (C=O) groups excluding carboxylic acids is 2. The van der Waals surface area contributed by atoms with Crippen molar-refractivity contribution in [3.8, 4) is 5.75 Å². The van der Waals surface area contributed by atoms with Gasteiger partial charge >= 0.3 is 0 Å². The van der Waals surface area contributed by atoms with Crippen LogP contribution in [0.3, 0.4) is 0 Å². The van der Waals surface area contributed by atoms with Crippen molar-refractivity contribution in [1.82, 2.24) is 9.88 Å². The van der Waals surface area contributed by atoms with Gasteiger partial charge in [-0.3, -0.25) is 9.59 Å². The number of carbonyl (C=O) groups is 2. The lowest BCUT2D eigenvalue weighted by molar-refractivity contribution is -0.129. The maximum absolute atomic E-state index is 12.6. The van der Waals surface area contributed by atoms with Crippen LogP contribution in [0, 0.1) is 27.7 Å². The predicted molar refractivity (Wildman–Crippen MR) is 134 cm³/mol. The van der Waals surface area contributed by atoms with Gasteiger partial charge in [-0.1, -0.05) is 35.9 Å². The van der Waals surface area contributed by atoms with Crippen molar-refractivity contribution < 1.29 is 14.3 Å². The van der Waals surface area contributed by atoms with E-state index in [9.17, 15) is 9.59 Å². The van der Waals surface area contributed by atoms with Gasteiger partial charge in [-0.2, -0.15) is 0 Å². The van der Waals surface area contributed by atoms with Gasteiger partial charge in [0, 0.05) is 29.8 Å². The molecule has 0 atom stereocenters. The van der Waals surface area contributed by atoms with Gasteiger partial charge in [0.25, 0.3) is 0 Å². The number of amides is 2. The van der Waals surface area contributed by atoms with Gasteiger partial charge < -0.3 is 15.0 Å². The minimum absolute atomic E-state index is 0.0444. The summed E-state index contributed by atoms with van der Waals surface area (Å²) in [6.45, 7) is 8.22. The first kappa shape index (κ1) is 24.2. The highest BCUT2D eigenvalue weighted by Gasteiger charge is 2.13. The van der Waals surface area contributed by atoms with E-state index in [0.29, 0.717) is 12.4 Å². The van der Waals surface area contributed by atoms with Crippen LogP contribution in [-0.4, -0.2) is 35.3 Å². The highest BCUT2D eigenvalue weighted by atomic mass is 32.1. The van der Waals surface area contributed by atoms with Crippen LogP contribution in [0.5, 0.6) is 5.75 Å². The molecule has 0 saturated carbocycles. The smallest absolute Gasteiger partial charge is 0.246 e. The minimum Gasteiger partial charge on any atom is -0.487 e. The molecule has 1 N–H and O–H groups in total. The Labute approximate surface area is 198 Å². The minimum atomic E-state index is -0.271. The Hall–Kier alpha value is -3.45. The second-order valence-corrected chi connectivity index (χ2v) is 9.10. The lowest BCUT2D eigenvalue weighted by atomic mass is 10.1. The topological polar surface area (TPSA) is 71.5 Å². The number of nitrogens with zero attached hydrogens (tertiary/aromatic N) is 2. The molecular weight excluding hydrogens is 434 g/mol. The van der Waals surface area contributed by atoms with E-state index in [2.05, 4.69) is 10.3 Å². The Morgan fingerprint density at radius 2 is 1.82 bits per heavy atom. The van der Waals surface area contributed by atoms with E-state index in [-0.39, 0.29) is 18.4 Å². The number of hydrogen-bond acceptors (Lipinski definition) is 5. The molecular formula is C26H29N3O3S. The molecule has 0 saturated heterocycles. The number of hydrogen-bond donors (Lipinski definition) is 1. The third kappa shape index (κ3) is 6.76. The maximum Gasteiger partial charge on any atom is 0.246 e. The van der Waals surface area contributed by atoms with Crippen LogP contribution >= 0.6 is 11.3 Å². The number of anilines is 1. The number of rotatable bonds is 8. The average molecular weight is 464 g/mol. The number of nitrogens with one attached hydrogen (secondary N) is 1. The molecule has 1 heterocycles. The summed E-state index contributed by atoms with van der Waals surface area (Å²) < 4.78 is 5.89. The van der Waals surface area contributed by atoms with E-state index >= 15 is 0 Å². The molecule has 0 radical (unpaired) electrons. The Bertz CT molecular complexity index is 1160. The molecule has 3 rings (SSSR count). The lowest BCUT2D eigenvalue weighted by Crippen LogP contribution is -2.34. The van der Waals surface area contributed by atoms with E-state index in [4.69, 9.17) is 4.74 Å². The summed E-state index contributed by atoms with van der Waals surface area (Å²) in [4.78, 5) is 30.9. The molecule has 0 spiro atoms. The zero-order chi connectivity index (χ0) is 24.0. The normalized spacial score (nSPS) is 10.9. The number of ether oxygens (including phenoxy) is 1. The average Bonchev–Trinajstić information content (AvgIpc) is 3.18. The molecule has 0 bridgehead atoms. The van der Waals surface area contributed by atoms with Gasteiger partial charge in [-0.15, -0.1) is 11.3 Å². The molecule has 0 aliphatic carbocycles. The molecule has 0 fully saturated rings. The molecule has 7 heteroatoms. The van der Waals surface area contributed by atoms with E-state index in [1.807, 2.05) is 69.5 Å². The van der Waals surface area contributed by atoms with Crippen molar-refractivity contribution in [1.29, 1.82) is 0 Å². The summed E-state index contributed by atoms with van der Waals surface area (Å²) in [7, 11) is 1.61. The molecule has 2 aromatic carbocycles. The van der Waals surface area contributed by atoms with Crippen molar-refractivity contribution in [2.45, 2.75) is 34.3 Å². The molecule has 2 amide bonds. The number of aromatic nitrogens is 1. The highest BCUT2D eigenvalue weighted by molar-refractivity contribution is 7.09. The summed E-state index contributed by atoms with van der Waals surface area (Å²) in [6.07, 6.45) is 3.15. The summed E-state index contributed by atoms with van der Waals surface area (Å²) in [5.41, 5.74) is 5.59. The number of likely N-dealkylation sites (N-methyl/N-ethyl adjacent to an activating group) is 1. The first-order chi connectivity index (χ1) is 15.7. The largest absolute Gasteiger partial charge is 0.487 e. The van der Waals surface area contributed by atoms with Gasteiger partial charge in [0.2, 0.25) is 11.8 Å². The molecule has 172 valence electrons. The maximum atomic E-state index is 12.6. The van der Waals surface area contributed by atoms with Crippen LogP contribution in [0.25, 0.3) is 6.08 Å². The van der Waals surface area contributed by atoms with Crippen LogP contribution in [0.4, 0.5) is 5.69 Å².